The minimum atomic E-state index is -0.312. The Kier molecular flexibility index (Phi) is 5.01. The Morgan fingerprint density at radius 2 is 1.80 bits per heavy atom. The number of nitrogens with one attached hydrogen (secondary N) is 2. The van der Waals surface area contributed by atoms with Gasteiger partial charge in [-0.25, -0.2) is 0 Å². The summed E-state index contributed by atoms with van der Waals surface area (Å²) in [5.41, 5.74) is 1.94. The molecule has 0 saturated carbocycles. The van der Waals surface area contributed by atoms with Crippen molar-refractivity contribution in [3.05, 3.63) is 70.2 Å². The van der Waals surface area contributed by atoms with Gasteiger partial charge in [0.25, 0.3) is 5.91 Å². The zero-order valence-corrected chi connectivity index (χ0v) is 15.7. The van der Waals surface area contributed by atoms with Crippen LogP contribution in [0, 0.1) is 6.92 Å². The first-order valence-electron chi connectivity index (χ1n) is 7.55. The van der Waals surface area contributed by atoms with Crippen LogP contribution in [0.5, 0.6) is 5.75 Å². The maximum atomic E-state index is 12.6. The third-order valence-corrected chi connectivity index (χ3v) is 4.64. The second-order valence-corrected chi connectivity index (χ2v) is 6.83. The molecular formula is C19H15BrN2O2S. The number of hydrogen-bond donors (Lipinski definition) is 3. The van der Waals surface area contributed by atoms with E-state index in [4.69, 9.17) is 12.2 Å². The minimum absolute atomic E-state index is 0.0660. The lowest BCUT2D eigenvalue weighted by Gasteiger charge is -2.12. The number of fused-ring (bicyclic) bond motifs is 1. The van der Waals surface area contributed by atoms with Gasteiger partial charge in [-0.15, -0.1) is 0 Å². The molecule has 0 heterocycles. The quantitative estimate of drug-likeness (QED) is 0.418. The van der Waals surface area contributed by atoms with E-state index in [2.05, 4.69) is 26.6 Å². The Labute approximate surface area is 159 Å². The van der Waals surface area contributed by atoms with Gasteiger partial charge in [0.1, 0.15) is 5.75 Å². The van der Waals surface area contributed by atoms with Crippen LogP contribution in [0.15, 0.2) is 59.1 Å². The Balaban J connectivity index is 1.82. The zero-order valence-electron chi connectivity index (χ0n) is 13.3. The number of halogens is 1. The Bertz CT molecular complexity index is 988. The number of rotatable bonds is 2. The van der Waals surface area contributed by atoms with Crippen LogP contribution in [0.4, 0.5) is 5.69 Å². The highest BCUT2D eigenvalue weighted by Crippen LogP contribution is 2.26. The van der Waals surface area contributed by atoms with Gasteiger partial charge < -0.3 is 10.4 Å². The van der Waals surface area contributed by atoms with Crippen LogP contribution in [-0.2, 0) is 0 Å². The van der Waals surface area contributed by atoms with Crippen LogP contribution in [0.2, 0.25) is 0 Å². The second kappa shape index (κ2) is 7.21. The van der Waals surface area contributed by atoms with Gasteiger partial charge in [0.15, 0.2) is 5.11 Å². The molecule has 0 radical (unpaired) electrons. The molecule has 0 saturated heterocycles. The maximum Gasteiger partial charge on any atom is 0.258 e. The van der Waals surface area contributed by atoms with Crippen molar-refractivity contribution in [2.75, 3.05) is 5.32 Å². The number of thiocarbonyl (C=S) groups is 1. The first kappa shape index (κ1) is 17.4. The summed E-state index contributed by atoms with van der Waals surface area (Å²) < 4.78 is 0.921. The Hall–Kier alpha value is -2.44. The molecule has 1 amide bonds. The monoisotopic (exact) mass is 414 g/mol. The van der Waals surface area contributed by atoms with Crippen molar-refractivity contribution in [1.82, 2.24) is 5.32 Å². The summed E-state index contributed by atoms with van der Waals surface area (Å²) in [6.45, 7) is 1.90. The van der Waals surface area contributed by atoms with Crippen molar-refractivity contribution in [2.24, 2.45) is 0 Å². The number of aromatic hydroxyl groups is 1. The number of phenols is 1. The lowest BCUT2D eigenvalue weighted by molar-refractivity contribution is 0.0979. The van der Waals surface area contributed by atoms with Gasteiger partial charge in [-0.2, -0.15) is 0 Å². The fourth-order valence-corrected chi connectivity index (χ4v) is 3.24. The Morgan fingerprint density at radius 1 is 1.08 bits per heavy atom. The molecule has 6 heteroatoms. The van der Waals surface area contributed by atoms with Gasteiger partial charge in [-0.1, -0.05) is 46.3 Å². The number of phenolic OH excluding ortho intramolecular Hbond substituents is 1. The molecule has 0 aromatic heterocycles. The molecule has 0 bridgehead atoms. The number of aryl methyl sites for hydroxylation is 1. The zero-order chi connectivity index (χ0) is 18.0. The average Bonchev–Trinajstić information content (AvgIpc) is 2.58. The number of carbonyl (C=O) groups excluding carboxylic acids is 1. The lowest BCUT2D eigenvalue weighted by atomic mass is 10.0. The highest BCUT2D eigenvalue weighted by molar-refractivity contribution is 9.10. The van der Waals surface area contributed by atoms with Gasteiger partial charge in [-0.05, 0) is 59.7 Å². The third kappa shape index (κ3) is 3.81. The molecule has 0 fully saturated rings. The molecule has 0 atom stereocenters. The van der Waals surface area contributed by atoms with Crippen molar-refractivity contribution in [2.45, 2.75) is 6.92 Å². The lowest BCUT2D eigenvalue weighted by Crippen LogP contribution is -2.34. The first-order valence-corrected chi connectivity index (χ1v) is 8.75. The van der Waals surface area contributed by atoms with Gasteiger partial charge in [0, 0.05) is 10.0 Å². The molecule has 0 aliphatic rings. The normalized spacial score (nSPS) is 10.5. The van der Waals surface area contributed by atoms with Gasteiger partial charge in [-0.3, -0.25) is 10.1 Å². The van der Waals surface area contributed by atoms with Crippen LogP contribution < -0.4 is 10.6 Å². The fraction of sp³-hybridized carbons (Fsp3) is 0.0526. The second-order valence-electron chi connectivity index (χ2n) is 5.57. The predicted octanol–water partition coefficient (Wildman–Crippen LogP) is 4.74. The van der Waals surface area contributed by atoms with E-state index in [0.29, 0.717) is 11.3 Å². The van der Waals surface area contributed by atoms with E-state index in [-0.39, 0.29) is 16.8 Å². The van der Waals surface area contributed by atoms with Crippen molar-refractivity contribution >= 4 is 55.6 Å². The predicted molar refractivity (Wildman–Crippen MR) is 108 cm³/mol. The topological polar surface area (TPSA) is 61.4 Å². The molecular weight excluding hydrogens is 400 g/mol. The van der Waals surface area contributed by atoms with Crippen LogP contribution in [0.3, 0.4) is 0 Å². The number of benzene rings is 3. The van der Waals surface area contributed by atoms with Gasteiger partial charge in [0.05, 0.1) is 5.69 Å². The molecule has 0 aliphatic carbocycles. The fourth-order valence-electron chi connectivity index (χ4n) is 2.54. The highest BCUT2D eigenvalue weighted by Gasteiger charge is 2.13. The van der Waals surface area contributed by atoms with E-state index >= 15 is 0 Å². The molecule has 4 nitrogen and oxygen atoms in total. The van der Waals surface area contributed by atoms with E-state index in [1.165, 1.54) is 0 Å². The summed E-state index contributed by atoms with van der Waals surface area (Å²) in [7, 11) is 0. The smallest absolute Gasteiger partial charge is 0.258 e. The SMILES string of the molecule is Cc1ccc(O)c(NC(=S)NC(=O)c2cccc3c(Br)cccc23)c1. The molecule has 126 valence electrons. The standard InChI is InChI=1S/C19H15BrN2O2S/c1-11-8-9-17(23)16(10-11)21-19(25)22-18(24)14-6-2-5-13-12(14)4-3-7-15(13)20/h2-10,23H,1H3,(H2,21,22,24,25). The molecule has 3 rings (SSSR count). The summed E-state index contributed by atoms with van der Waals surface area (Å²) in [4.78, 5) is 12.6. The largest absolute Gasteiger partial charge is 0.506 e. The summed E-state index contributed by atoms with van der Waals surface area (Å²) >= 11 is 8.69. The van der Waals surface area contributed by atoms with Crippen LogP contribution in [0.1, 0.15) is 15.9 Å². The van der Waals surface area contributed by atoms with Crippen molar-refractivity contribution in [3.63, 3.8) is 0 Å². The number of amides is 1. The first-order chi connectivity index (χ1) is 12.0. The van der Waals surface area contributed by atoms with E-state index in [1.807, 2.05) is 37.3 Å². The molecule has 0 spiro atoms. The molecule has 3 N–H and O–H groups in total. The average molecular weight is 415 g/mol. The van der Waals surface area contributed by atoms with Gasteiger partial charge >= 0.3 is 0 Å². The van der Waals surface area contributed by atoms with E-state index in [1.54, 1.807) is 24.3 Å². The van der Waals surface area contributed by atoms with Crippen molar-refractivity contribution in [1.29, 1.82) is 0 Å². The van der Waals surface area contributed by atoms with E-state index < -0.39 is 0 Å². The highest BCUT2D eigenvalue weighted by atomic mass is 79.9. The van der Waals surface area contributed by atoms with E-state index in [9.17, 15) is 9.90 Å². The minimum Gasteiger partial charge on any atom is -0.506 e. The molecule has 0 unspecified atom stereocenters. The van der Waals surface area contributed by atoms with Crippen molar-refractivity contribution < 1.29 is 9.90 Å². The molecule has 0 aliphatic heterocycles. The molecule has 3 aromatic rings. The molecule has 3 aromatic carbocycles. The number of anilines is 1. The van der Waals surface area contributed by atoms with Crippen molar-refractivity contribution in [3.8, 4) is 5.75 Å². The third-order valence-electron chi connectivity index (χ3n) is 3.74. The number of hydrogen-bond acceptors (Lipinski definition) is 3. The maximum absolute atomic E-state index is 12.6. The number of carbonyl (C=O) groups is 1. The van der Waals surface area contributed by atoms with Crippen LogP contribution in [-0.4, -0.2) is 16.1 Å². The van der Waals surface area contributed by atoms with Gasteiger partial charge in [0.2, 0.25) is 0 Å². The summed E-state index contributed by atoms with van der Waals surface area (Å²) in [5, 5.41) is 17.3. The van der Waals surface area contributed by atoms with Crippen LogP contribution >= 0.6 is 28.1 Å². The molecule has 25 heavy (non-hydrogen) atoms. The summed E-state index contributed by atoms with van der Waals surface area (Å²) in [6, 6.07) is 16.3. The Morgan fingerprint density at radius 3 is 2.60 bits per heavy atom. The summed E-state index contributed by atoms with van der Waals surface area (Å²) in [5.74, 6) is -0.246. The van der Waals surface area contributed by atoms with E-state index in [0.717, 1.165) is 20.8 Å². The summed E-state index contributed by atoms with van der Waals surface area (Å²) in [6.07, 6.45) is 0. The van der Waals surface area contributed by atoms with Crippen LogP contribution in [0.25, 0.3) is 10.8 Å².